The molecule has 1 saturated heterocycles. The van der Waals surface area contributed by atoms with E-state index in [4.69, 9.17) is 0 Å². The molecule has 0 spiro atoms. The second-order valence-electron chi connectivity index (χ2n) is 6.08. The third kappa shape index (κ3) is 5.59. The summed E-state index contributed by atoms with van der Waals surface area (Å²) in [4.78, 5) is 2.33. The van der Waals surface area contributed by atoms with Crippen LogP contribution < -0.4 is 4.72 Å². The second kappa shape index (κ2) is 7.94. The van der Waals surface area contributed by atoms with Crippen LogP contribution >= 0.6 is 0 Å². The highest BCUT2D eigenvalue weighted by atomic mass is 32.2. The first-order valence-electron chi connectivity index (χ1n) is 7.96. The molecule has 2 rings (SSSR count). The summed E-state index contributed by atoms with van der Waals surface area (Å²) in [5.74, 6) is 0.850. The minimum Gasteiger partial charge on any atom is -0.508 e. The number of phenolic OH excluding ortho intramolecular Hbond substituents is 1. The molecule has 0 aromatic heterocycles. The van der Waals surface area contributed by atoms with Crippen LogP contribution in [0.5, 0.6) is 5.75 Å². The van der Waals surface area contributed by atoms with E-state index in [2.05, 4.69) is 9.62 Å². The monoisotopic (exact) mass is 326 g/mol. The van der Waals surface area contributed by atoms with E-state index in [0.717, 1.165) is 38.0 Å². The van der Waals surface area contributed by atoms with Gasteiger partial charge < -0.3 is 5.11 Å². The van der Waals surface area contributed by atoms with Gasteiger partial charge in [-0.2, -0.15) is 0 Å². The maximum Gasteiger partial charge on any atom is 0.211 e. The fraction of sp³-hybridized carbons (Fsp3) is 0.625. The van der Waals surface area contributed by atoms with Crippen molar-refractivity contribution in [2.75, 3.05) is 25.4 Å². The van der Waals surface area contributed by atoms with Gasteiger partial charge in [0.2, 0.25) is 10.0 Å². The van der Waals surface area contributed by atoms with Gasteiger partial charge in [-0.3, -0.25) is 4.90 Å². The molecule has 1 heterocycles. The molecule has 1 aliphatic heterocycles. The molecule has 0 radical (unpaired) electrons. The highest BCUT2D eigenvalue weighted by molar-refractivity contribution is 7.89. The van der Waals surface area contributed by atoms with Crippen LogP contribution in [0, 0.1) is 5.92 Å². The Morgan fingerprint density at radius 1 is 1.41 bits per heavy atom. The van der Waals surface area contributed by atoms with Gasteiger partial charge in [0.25, 0.3) is 0 Å². The fourth-order valence-electron chi connectivity index (χ4n) is 2.96. The van der Waals surface area contributed by atoms with Crippen LogP contribution in [0.25, 0.3) is 0 Å². The molecule has 1 aromatic rings. The van der Waals surface area contributed by atoms with E-state index in [-0.39, 0.29) is 5.75 Å². The van der Waals surface area contributed by atoms with Crippen LogP contribution in [0.1, 0.15) is 31.7 Å². The number of sulfonamides is 1. The van der Waals surface area contributed by atoms with E-state index >= 15 is 0 Å². The van der Waals surface area contributed by atoms with Gasteiger partial charge in [-0.1, -0.05) is 19.1 Å². The van der Waals surface area contributed by atoms with Crippen LogP contribution in [0.4, 0.5) is 0 Å². The number of likely N-dealkylation sites (tertiary alicyclic amines) is 1. The lowest BCUT2D eigenvalue weighted by molar-refractivity contribution is 0.168. The summed E-state index contributed by atoms with van der Waals surface area (Å²) in [6.07, 6.45) is 2.79. The highest BCUT2D eigenvalue weighted by Gasteiger charge is 2.21. The molecule has 1 aliphatic rings. The minimum absolute atomic E-state index is 0.201. The predicted octanol–water partition coefficient (Wildman–Crippen LogP) is 1.93. The van der Waals surface area contributed by atoms with Crippen molar-refractivity contribution >= 4 is 10.0 Å². The summed E-state index contributed by atoms with van der Waals surface area (Å²) < 4.78 is 26.2. The SMILES string of the molecule is CCCS(=O)(=O)NCC1CCCN(Cc2cccc(O)c2)C1. The van der Waals surface area contributed by atoms with E-state index in [0.29, 0.717) is 24.6 Å². The second-order valence-corrected chi connectivity index (χ2v) is 8.01. The van der Waals surface area contributed by atoms with Crippen molar-refractivity contribution in [3.63, 3.8) is 0 Å². The smallest absolute Gasteiger partial charge is 0.211 e. The summed E-state index contributed by atoms with van der Waals surface area (Å²) >= 11 is 0. The first kappa shape index (κ1) is 17.2. The third-order valence-electron chi connectivity index (χ3n) is 3.98. The third-order valence-corrected chi connectivity index (χ3v) is 5.54. The lowest BCUT2D eigenvalue weighted by Gasteiger charge is -2.32. The highest BCUT2D eigenvalue weighted by Crippen LogP contribution is 2.20. The summed E-state index contributed by atoms with van der Waals surface area (Å²) in [6, 6.07) is 7.32. The molecule has 1 unspecified atom stereocenters. The van der Waals surface area contributed by atoms with Gasteiger partial charge in [-0.05, 0) is 49.4 Å². The number of phenols is 1. The molecule has 0 amide bonds. The Kier molecular flexibility index (Phi) is 6.23. The molecular weight excluding hydrogens is 300 g/mol. The van der Waals surface area contributed by atoms with Crippen molar-refractivity contribution in [2.24, 2.45) is 5.92 Å². The Hall–Kier alpha value is -1.11. The average Bonchev–Trinajstić information content (AvgIpc) is 2.46. The normalized spacial score (nSPS) is 20.1. The molecule has 5 nitrogen and oxygen atoms in total. The van der Waals surface area contributed by atoms with Gasteiger partial charge in [0.05, 0.1) is 5.75 Å². The van der Waals surface area contributed by atoms with E-state index in [1.54, 1.807) is 12.1 Å². The topological polar surface area (TPSA) is 69.6 Å². The molecule has 1 atom stereocenters. The van der Waals surface area contributed by atoms with Crippen LogP contribution in [0.3, 0.4) is 0 Å². The van der Waals surface area contributed by atoms with Gasteiger partial charge in [0.1, 0.15) is 5.75 Å². The van der Waals surface area contributed by atoms with Crippen molar-refractivity contribution < 1.29 is 13.5 Å². The Bertz CT molecular complexity index is 575. The van der Waals surface area contributed by atoms with Crippen LogP contribution in [-0.4, -0.2) is 43.8 Å². The minimum atomic E-state index is -3.11. The number of hydrogen-bond donors (Lipinski definition) is 2. The van der Waals surface area contributed by atoms with Crippen LogP contribution in [-0.2, 0) is 16.6 Å². The Morgan fingerprint density at radius 3 is 2.95 bits per heavy atom. The molecule has 1 fully saturated rings. The largest absolute Gasteiger partial charge is 0.508 e. The van der Waals surface area contributed by atoms with Gasteiger partial charge >= 0.3 is 0 Å². The van der Waals surface area contributed by atoms with Gasteiger partial charge in [-0.25, -0.2) is 13.1 Å². The first-order valence-corrected chi connectivity index (χ1v) is 9.61. The Morgan fingerprint density at radius 2 is 2.23 bits per heavy atom. The summed E-state index contributed by atoms with van der Waals surface area (Å²) in [7, 11) is -3.11. The Balaban J connectivity index is 1.84. The first-order chi connectivity index (χ1) is 10.5. The number of nitrogens with one attached hydrogen (secondary N) is 1. The number of hydrogen-bond acceptors (Lipinski definition) is 4. The van der Waals surface area contributed by atoms with Crippen molar-refractivity contribution in [1.82, 2.24) is 9.62 Å². The Labute approximate surface area is 133 Å². The van der Waals surface area contributed by atoms with Crippen molar-refractivity contribution in [3.05, 3.63) is 29.8 Å². The summed E-state index contributed by atoms with van der Waals surface area (Å²) in [5, 5.41) is 9.52. The summed E-state index contributed by atoms with van der Waals surface area (Å²) in [6.45, 7) is 5.11. The molecule has 0 saturated carbocycles. The maximum absolute atomic E-state index is 11.7. The van der Waals surface area contributed by atoms with Gasteiger partial charge in [-0.15, -0.1) is 0 Å². The maximum atomic E-state index is 11.7. The average molecular weight is 326 g/mol. The van der Waals surface area contributed by atoms with Crippen LogP contribution in [0.2, 0.25) is 0 Å². The lowest BCUT2D eigenvalue weighted by Crippen LogP contribution is -2.41. The van der Waals surface area contributed by atoms with Gasteiger partial charge in [0, 0.05) is 19.6 Å². The number of nitrogens with zero attached hydrogens (tertiary/aromatic N) is 1. The molecule has 0 aliphatic carbocycles. The van der Waals surface area contributed by atoms with E-state index in [9.17, 15) is 13.5 Å². The number of benzene rings is 1. The zero-order chi connectivity index (χ0) is 16.0. The quantitative estimate of drug-likeness (QED) is 0.803. The fourth-order valence-corrected chi connectivity index (χ4v) is 4.13. The molecular formula is C16H26N2O3S. The molecule has 1 aromatic carbocycles. The zero-order valence-electron chi connectivity index (χ0n) is 13.2. The van der Waals surface area contributed by atoms with Crippen molar-refractivity contribution in [1.29, 1.82) is 0 Å². The van der Waals surface area contributed by atoms with Crippen molar-refractivity contribution in [2.45, 2.75) is 32.7 Å². The predicted molar refractivity (Wildman–Crippen MR) is 88.2 cm³/mol. The molecule has 2 N–H and O–H groups in total. The van der Waals surface area contributed by atoms with E-state index in [1.807, 2.05) is 19.1 Å². The molecule has 124 valence electrons. The van der Waals surface area contributed by atoms with Crippen LogP contribution in [0.15, 0.2) is 24.3 Å². The zero-order valence-corrected chi connectivity index (χ0v) is 14.0. The molecule has 6 heteroatoms. The molecule has 22 heavy (non-hydrogen) atoms. The number of aromatic hydroxyl groups is 1. The standard InChI is InChI=1S/C16H26N2O3S/c1-2-9-22(20,21)17-11-15-6-4-8-18(13-15)12-14-5-3-7-16(19)10-14/h3,5,7,10,15,17,19H,2,4,6,8-9,11-13H2,1H3. The number of rotatable bonds is 7. The van der Waals surface area contributed by atoms with Gasteiger partial charge in [0.15, 0.2) is 0 Å². The summed E-state index contributed by atoms with van der Waals surface area (Å²) in [5.41, 5.74) is 1.09. The van der Waals surface area contributed by atoms with E-state index < -0.39 is 10.0 Å². The van der Waals surface area contributed by atoms with E-state index in [1.165, 1.54) is 0 Å². The lowest BCUT2D eigenvalue weighted by atomic mass is 9.98. The number of piperidine rings is 1. The van der Waals surface area contributed by atoms with Crippen molar-refractivity contribution in [3.8, 4) is 5.75 Å². The molecule has 0 bridgehead atoms.